The first-order valence-electron chi connectivity index (χ1n) is 13.4. The summed E-state index contributed by atoms with van der Waals surface area (Å²) in [6.07, 6.45) is 6.20. The Bertz CT molecular complexity index is 1490. The van der Waals surface area contributed by atoms with Crippen LogP contribution in [0.1, 0.15) is 63.0 Å². The predicted octanol–water partition coefficient (Wildman–Crippen LogP) is 5.38. The number of rotatable bonds is 8. The Morgan fingerprint density at radius 2 is 1.97 bits per heavy atom. The largest absolute Gasteiger partial charge is 0.486 e. The third kappa shape index (κ3) is 5.58. The van der Waals surface area contributed by atoms with Gasteiger partial charge < -0.3 is 19.4 Å². The molecule has 2 aromatic carbocycles. The summed E-state index contributed by atoms with van der Waals surface area (Å²) in [5.74, 6) is 1.61. The van der Waals surface area contributed by atoms with Crippen LogP contribution in [0.2, 0.25) is 0 Å². The van der Waals surface area contributed by atoms with Crippen molar-refractivity contribution in [2.75, 3.05) is 6.54 Å². The predicted molar refractivity (Wildman–Crippen MR) is 146 cm³/mol. The van der Waals surface area contributed by atoms with Crippen LogP contribution in [0.4, 0.5) is 0 Å². The third-order valence-corrected chi connectivity index (χ3v) is 7.36. The number of amides is 2. The maximum Gasteiger partial charge on any atom is 0.287 e. The van der Waals surface area contributed by atoms with Crippen molar-refractivity contribution in [3.63, 3.8) is 0 Å². The molecule has 2 aromatic heterocycles. The average molecular weight is 522 g/mol. The molecule has 6 rings (SSSR count). The number of carbonyl (C=O) groups excluding carboxylic acids is 2. The molecule has 4 aromatic rings. The lowest BCUT2D eigenvalue weighted by atomic mass is 9.87. The summed E-state index contributed by atoms with van der Waals surface area (Å²) in [7, 11) is 0. The van der Waals surface area contributed by atoms with Crippen LogP contribution in [0.25, 0.3) is 0 Å². The minimum Gasteiger partial charge on any atom is -0.486 e. The van der Waals surface area contributed by atoms with E-state index in [0.29, 0.717) is 18.1 Å². The normalized spacial score (nSPS) is 16.4. The van der Waals surface area contributed by atoms with Gasteiger partial charge in [-0.1, -0.05) is 42.0 Å². The number of pyridine rings is 1. The lowest BCUT2D eigenvalue weighted by Crippen LogP contribution is -2.41. The summed E-state index contributed by atoms with van der Waals surface area (Å²) >= 11 is 0. The van der Waals surface area contributed by atoms with Crippen molar-refractivity contribution in [3.05, 3.63) is 118 Å². The number of furan rings is 1. The van der Waals surface area contributed by atoms with Gasteiger partial charge in [0.2, 0.25) is 5.91 Å². The summed E-state index contributed by atoms with van der Waals surface area (Å²) in [6.45, 7) is 3.36. The molecule has 2 aliphatic rings. The molecule has 1 fully saturated rings. The van der Waals surface area contributed by atoms with E-state index in [1.165, 1.54) is 11.1 Å². The second kappa shape index (κ2) is 10.8. The van der Waals surface area contributed by atoms with Crippen LogP contribution in [0.3, 0.4) is 0 Å². The van der Waals surface area contributed by atoms with Crippen molar-refractivity contribution in [3.8, 4) is 5.75 Å². The lowest BCUT2D eigenvalue weighted by molar-refractivity contribution is -0.134. The zero-order valence-corrected chi connectivity index (χ0v) is 21.9. The standard InChI is InChI=1S/C32H31N3O4/c1-21-4-2-6-25(16-21)30-28-17-26(10-9-23(28)13-15-35(30)32(37)24-7-8-24)38-20-27-11-12-29(39-27)31(36)34-19-22-5-3-14-33-18-22/h2-6,9-12,14,16-18,24,30H,7-8,13,15,19-20H2,1H3,(H,34,36). The van der Waals surface area contributed by atoms with Crippen molar-refractivity contribution in [1.29, 1.82) is 0 Å². The second-order valence-electron chi connectivity index (χ2n) is 10.3. The van der Waals surface area contributed by atoms with Gasteiger partial charge in [0.25, 0.3) is 5.91 Å². The minimum absolute atomic E-state index is 0.135. The Morgan fingerprint density at radius 1 is 1.08 bits per heavy atom. The van der Waals surface area contributed by atoms with Crippen molar-refractivity contribution >= 4 is 11.8 Å². The number of nitrogens with one attached hydrogen (secondary N) is 1. The Labute approximate surface area is 227 Å². The first-order valence-corrected chi connectivity index (χ1v) is 13.4. The maximum absolute atomic E-state index is 13.3. The molecule has 2 amide bonds. The van der Waals surface area contributed by atoms with E-state index in [1.807, 2.05) is 18.2 Å². The molecule has 7 nitrogen and oxygen atoms in total. The number of hydrogen-bond donors (Lipinski definition) is 1. The first kappa shape index (κ1) is 24.9. The van der Waals surface area contributed by atoms with Crippen LogP contribution in [0.5, 0.6) is 5.75 Å². The number of fused-ring (bicyclic) bond motifs is 1. The number of benzene rings is 2. The number of ether oxygens (including phenoxy) is 1. The molecule has 0 saturated heterocycles. The van der Waals surface area contributed by atoms with Crippen molar-refractivity contribution in [2.24, 2.45) is 5.92 Å². The van der Waals surface area contributed by atoms with Gasteiger partial charge in [-0.05, 0) is 78.8 Å². The Hall–Kier alpha value is -4.39. The number of carbonyl (C=O) groups is 2. The van der Waals surface area contributed by atoms with Gasteiger partial charge in [0.05, 0.1) is 6.04 Å². The van der Waals surface area contributed by atoms with Gasteiger partial charge in [-0.15, -0.1) is 0 Å². The molecule has 198 valence electrons. The molecule has 1 aliphatic carbocycles. The van der Waals surface area contributed by atoms with Gasteiger partial charge in [-0.25, -0.2) is 0 Å². The highest BCUT2D eigenvalue weighted by molar-refractivity contribution is 5.91. The summed E-state index contributed by atoms with van der Waals surface area (Å²) in [5, 5.41) is 2.84. The minimum atomic E-state index is -0.291. The number of aromatic nitrogens is 1. The molecule has 39 heavy (non-hydrogen) atoms. The molecular formula is C32H31N3O4. The molecule has 1 N–H and O–H groups in total. The summed E-state index contributed by atoms with van der Waals surface area (Å²) < 4.78 is 11.9. The van der Waals surface area contributed by atoms with Crippen LogP contribution in [0, 0.1) is 12.8 Å². The highest BCUT2D eigenvalue weighted by Crippen LogP contribution is 2.41. The first-order chi connectivity index (χ1) is 19.0. The quantitative estimate of drug-likeness (QED) is 0.337. The molecule has 0 spiro atoms. The molecule has 1 aliphatic heterocycles. The molecule has 1 atom stereocenters. The number of aryl methyl sites for hydroxylation is 1. The Kier molecular flexibility index (Phi) is 6.88. The van der Waals surface area contributed by atoms with Crippen LogP contribution < -0.4 is 10.1 Å². The number of nitrogens with zero attached hydrogens (tertiary/aromatic N) is 2. The van der Waals surface area contributed by atoms with Gasteiger partial charge in [0.15, 0.2) is 5.76 Å². The van der Waals surface area contributed by atoms with E-state index in [4.69, 9.17) is 9.15 Å². The molecule has 3 heterocycles. The van der Waals surface area contributed by atoms with Gasteiger partial charge >= 0.3 is 0 Å². The molecule has 1 unspecified atom stereocenters. The van der Waals surface area contributed by atoms with E-state index < -0.39 is 0 Å². The van der Waals surface area contributed by atoms with Crippen molar-refractivity contribution in [2.45, 2.75) is 45.4 Å². The highest BCUT2D eigenvalue weighted by Gasteiger charge is 2.39. The van der Waals surface area contributed by atoms with E-state index in [0.717, 1.165) is 42.5 Å². The van der Waals surface area contributed by atoms with E-state index in [2.05, 4.69) is 58.5 Å². The zero-order chi connectivity index (χ0) is 26.8. The third-order valence-electron chi connectivity index (χ3n) is 7.36. The van der Waals surface area contributed by atoms with E-state index in [-0.39, 0.29) is 36.1 Å². The van der Waals surface area contributed by atoms with Gasteiger partial charge in [0, 0.05) is 31.4 Å². The van der Waals surface area contributed by atoms with Crippen LogP contribution >= 0.6 is 0 Å². The fourth-order valence-electron chi connectivity index (χ4n) is 5.19. The molecule has 0 bridgehead atoms. The van der Waals surface area contributed by atoms with Gasteiger partial charge in [-0.2, -0.15) is 0 Å². The van der Waals surface area contributed by atoms with Crippen LogP contribution in [-0.2, 0) is 24.4 Å². The fourth-order valence-corrected chi connectivity index (χ4v) is 5.19. The second-order valence-corrected chi connectivity index (χ2v) is 10.3. The van der Waals surface area contributed by atoms with Crippen LogP contribution in [-0.4, -0.2) is 28.2 Å². The van der Waals surface area contributed by atoms with E-state index in [1.54, 1.807) is 24.5 Å². The monoisotopic (exact) mass is 521 g/mol. The zero-order valence-electron chi connectivity index (χ0n) is 21.9. The Balaban J connectivity index is 1.17. The van der Waals surface area contributed by atoms with Crippen LogP contribution in [0.15, 0.2) is 83.5 Å². The SMILES string of the molecule is Cc1cccc(C2c3cc(OCc4ccc(C(=O)NCc5cccnc5)o4)ccc3CCN2C(=O)C2CC2)c1. The van der Waals surface area contributed by atoms with E-state index >= 15 is 0 Å². The Morgan fingerprint density at radius 3 is 2.77 bits per heavy atom. The molecule has 0 radical (unpaired) electrons. The smallest absolute Gasteiger partial charge is 0.287 e. The molecule has 7 heteroatoms. The number of hydrogen-bond acceptors (Lipinski definition) is 5. The van der Waals surface area contributed by atoms with E-state index in [9.17, 15) is 9.59 Å². The van der Waals surface area contributed by atoms with Crippen molar-refractivity contribution in [1.82, 2.24) is 15.2 Å². The van der Waals surface area contributed by atoms with Gasteiger partial charge in [-0.3, -0.25) is 14.6 Å². The summed E-state index contributed by atoms with van der Waals surface area (Å²) in [5.41, 5.74) is 5.54. The topological polar surface area (TPSA) is 84.7 Å². The molecular weight excluding hydrogens is 490 g/mol. The summed E-state index contributed by atoms with van der Waals surface area (Å²) in [4.78, 5) is 31.9. The fraction of sp³-hybridized carbons (Fsp3) is 0.281. The van der Waals surface area contributed by atoms with Gasteiger partial charge in [0.1, 0.15) is 18.1 Å². The summed E-state index contributed by atoms with van der Waals surface area (Å²) in [6, 6.07) is 21.5. The highest BCUT2D eigenvalue weighted by atomic mass is 16.5. The lowest BCUT2D eigenvalue weighted by Gasteiger charge is -2.38. The average Bonchev–Trinajstić information content (AvgIpc) is 3.71. The molecule has 1 saturated carbocycles. The van der Waals surface area contributed by atoms with Crippen molar-refractivity contribution < 1.29 is 18.7 Å². The maximum atomic E-state index is 13.3.